The maximum Gasteiger partial charge on any atom is 0.245 e. The number of hydrogen-bond acceptors (Lipinski definition) is 1. The Morgan fingerprint density at radius 1 is 0.769 bits per heavy atom. The van der Waals surface area contributed by atoms with Gasteiger partial charge in [-0.1, -0.05) is 35.4 Å². The summed E-state index contributed by atoms with van der Waals surface area (Å²) >= 11 is 0. The lowest BCUT2D eigenvalue weighted by Gasteiger charge is -2.22. The molecule has 2 aromatic carbocycles. The van der Waals surface area contributed by atoms with E-state index < -0.39 is 0 Å². The quantitative estimate of drug-likeness (QED) is 0.736. The summed E-state index contributed by atoms with van der Waals surface area (Å²) in [7, 11) is 0. The molecule has 2 nitrogen and oxygen atoms in total. The van der Waals surface area contributed by atoms with E-state index in [0.29, 0.717) is 0 Å². The first-order valence-corrected chi connectivity index (χ1v) is 9.17. The van der Waals surface area contributed by atoms with Crippen LogP contribution in [0.2, 0.25) is 0 Å². The first kappa shape index (κ1) is 20.5. The average molecular weight is 371 g/mol. The lowest BCUT2D eigenvalue weighted by molar-refractivity contribution is -0.508. The molecule has 26 heavy (non-hydrogen) atoms. The van der Waals surface area contributed by atoms with Crippen LogP contribution < -0.4 is 17.3 Å². The molecule has 0 aromatic heterocycles. The molecule has 2 aromatic rings. The Morgan fingerprint density at radius 3 is 1.65 bits per heavy atom. The van der Waals surface area contributed by atoms with Crippen molar-refractivity contribution in [1.82, 2.24) is 0 Å². The van der Waals surface area contributed by atoms with Crippen molar-refractivity contribution in [2.75, 3.05) is 11.4 Å². The van der Waals surface area contributed by atoms with E-state index in [1.54, 1.807) is 0 Å². The zero-order valence-corrected chi connectivity index (χ0v) is 18.1. The smallest absolute Gasteiger partial charge is 0.245 e. The van der Waals surface area contributed by atoms with Gasteiger partial charge in [-0.25, -0.2) is 9.48 Å². The summed E-state index contributed by atoms with van der Waals surface area (Å²) in [5.41, 5.74) is 10.8. The van der Waals surface area contributed by atoms with Crippen molar-refractivity contribution in [2.24, 2.45) is 0 Å². The monoisotopic (exact) mass is 370 g/mol. The van der Waals surface area contributed by atoms with Crippen LogP contribution in [0.25, 0.3) is 0 Å². The Hall–Kier alpha value is -1.80. The van der Waals surface area contributed by atoms with Gasteiger partial charge in [-0.15, -0.1) is 0 Å². The van der Waals surface area contributed by atoms with E-state index in [2.05, 4.69) is 95.5 Å². The highest BCUT2D eigenvalue weighted by atomic mass is 35.5. The number of halogens is 1. The molecule has 140 valence electrons. The largest absolute Gasteiger partial charge is 1.00 e. The van der Waals surface area contributed by atoms with Crippen LogP contribution in [0.5, 0.6) is 0 Å². The van der Waals surface area contributed by atoms with Crippen LogP contribution in [-0.2, 0) is 0 Å². The maximum atomic E-state index is 2.47. The van der Waals surface area contributed by atoms with Gasteiger partial charge in [-0.3, -0.25) is 0 Å². The summed E-state index contributed by atoms with van der Waals surface area (Å²) in [5, 5.41) is 0. The number of rotatable bonds is 2. The van der Waals surface area contributed by atoms with Crippen LogP contribution >= 0.6 is 0 Å². The molecule has 0 spiro atoms. The van der Waals surface area contributed by atoms with E-state index in [1.165, 1.54) is 44.8 Å². The molecule has 3 rings (SSSR count). The van der Waals surface area contributed by atoms with Gasteiger partial charge >= 0.3 is 0 Å². The molecule has 0 bridgehead atoms. The Balaban J connectivity index is 0.00000243. The fourth-order valence-electron chi connectivity index (χ4n) is 4.50. The Bertz CT molecular complexity index is 832. The van der Waals surface area contributed by atoms with Crippen molar-refractivity contribution >= 4 is 17.7 Å². The van der Waals surface area contributed by atoms with Crippen molar-refractivity contribution in [3.05, 3.63) is 57.6 Å². The van der Waals surface area contributed by atoms with Gasteiger partial charge in [-0.2, -0.15) is 0 Å². The van der Waals surface area contributed by atoms with Gasteiger partial charge in [0.25, 0.3) is 0 Å². The summed E-state index contributed by atoms with van der Waals surface area (Å²) in [6.45, 7) is 18.9. The van der Waals surface area contributed by atoms with Crippen LogP contribution in [-0.4, -0.2) is 23.0 Å². The van der Waals surface area contributed by atoms with E-state index in [1.807, 2.05) is 0 Å². The van der Waals surface area contributed by atoms with Crippen LogP contribution in [0.1, 0.15) is 47.2 Å². The second-order valence-corrected chi connectivity index (χ2v) is 8.42. The summed E-state index contributed by atoms with van der Waals surface area (Å²) in [6.07, 6.45) is 2.31. The Labute approximate surface area is 165 Å². The van der Waals surface area contributed by atoms with Gasteiger partial charge in [0.1, 0.15) is 23.5 Å². The first-order valence-electron chi connectivity index (χ1n) is 9.17. The predicted molar refractivity (Wildman–Crippen MR) is 109 cm³/mol. The summed E-state index contributed by atoms with van der Waals surface area (Å²) in [5.74, 6) is 0. The zero-order chi connectivity index (χ0) is 18.5. The molecular formula is C23H31ClN2. The lowest BCUT2D eigenvalue weighted by Crippen LogP contribution is -3.00. The van der Waals surface area contributed by atoms with Crippen molar-refractivity contribution in [3.63, 3.8) is 0 Å². The molecule has 0 aliphatic carbocycles. The Kier molecular flexibility index (Phi) is 5.58. The van der Waals surface area contributed by atoms with Gasteiger partial charge < -0.3 is 12.4 Å². The van der Waals surface area contributed by atoms with Gasteiger partial charge in [0.15, 0.2) is 0 Å². The van der Waals surface area contributed by atoms with E-state index in [9.17, 15) is 0 Å². The number of anilines is 1. The highest BCUT2D eigenvalue weighted by Gasteiger charge is 2.41. The Morgan fingerprint density at radius 2 is 1.19 bits per heavy atom. The third-order valence-corrected chi connectivity index (χ3v) is 5.26. The van der Waals surface area contributed by atoms with Crippen LogP contribution in [0.15, 0.2) is 24.3 Å². The molecule has 0 atom stereocenters. The number of nitrogens with zero attached hydrogens (tertiary/aromatic N) is 2. The minimum Gasteiger partial charge on any atom is -1.00 e. The first-order chi connectivity index (χ1) is 11.6. The standard InChI is InChI=1S/C23H31N2.ClH/c1-15-9-17(3)21(18(4)10-15)24-13-23(7,8)25(14-24)22-19(5)11-16(2)12-20(22)6;/h9-12,14H,13H2,1-8H3;1H/q+1;/p-1. The van der Waals surface area contributed by atoms with Crippen LogP contribution in [0, 0.1) is 41.5 Å². The zero-order valence-electron chi connectivity index (χ0n) is 17.4. The van der Waals surface area contributed by atoms with E-state index in [0.717, 1.165) is 6.54 Å². The molecule has 0 saturated heterocycles. The molecule has 0 radical (unpaired) electrons. The number of benzene rings is 2. The van der Waals surface area contributed by atoms with Crippen LogP contribution in [0.3, 0.4) is 0 Å². The van der Waals surface area contributed by atoms with E-state index in [-0.39, 0.29) is 17.9 Å². The molecule has 0 unspecified atom stereocenters. The number of aryl methyl sites for hydroxylation is 6. The molecule has 0 amide bonds. The second-order valence-electron chi connectivity index (χ2n) is 8.42. The minimum absolute atomic E-state index is 0. The third kappa shape index (κ3) is 3.53. The molecule has 0 N–H and O–H groups in total. The van der Waals surface area contributed by atoms with Gasteiger partial charge in [0, 0.05) is 0 Å². The summed E-state index contributed by atoms with van der Waals surface area (Å²) < 4.78 is 2.47. The normalized spacial score (nSPS) is 15.7. The fourth-order valence-corrected chi connectivity index (χ4v) is 4.50. The molecule has 0 fully saturated rings. The summed E-state index contributed by atoms with van der Waals surface area (Å²) in [4.78, 5) is 2.43. The lowest BCUT2D eigenvalue weighted by atomic mass is 9.99. The minimum atomic E-state index is 0. The highest BCUT2D eigenvalue weighted by molar-refractivity contribution is 5.82. The van der Waals surface area contributed by atoms with Gasteiger partial charge in [0.2, 0.25) is 6.34 Å². The molecule has 1 heterocycles. The van der Waals surface area contributed by atoms with Crippen LogP contribution in [0.4, 0.5) is 11.4 Å². The topological polar surface area (TPSA) is 6.25 Å². The van der Waals surface area contributed by atoms with E-state index >= 15 is 0 Å². The fraction of sp³-hybridized carbons (Fsp3) is 0.435. The third-order valence-electron chi connectivity index (χ3n) is 5.26. The predicted octanol–water partition coefficient (Wildman–Crippen LogP) is 2.51. The second kappa shape index (κ2) is 7.08. The number of hydrogen-bond donors (Lipinski definition) is 0. The maximum absolute atomic E-state index is 2.47. The molecule has 0 saturated carbocycles. The average Bonchev–Trinajstić information content (AvgIpc) is 2.72. The van der Waals surface area contributed by atoms with Crippen molar-refractivity contribution < 1.29 is 17.0 Å². The summed E-state index contributed by atoms with van der Waals surface area (Å²) in [6, 6.07) is 9.15. The molecular weight excluding hydrogens is 340 g/mol. The van der Waals surface area contributed by atoms with Crippen molar-refractivity contribution in [1.29, 1.82) is 0 Å². The van der Waals surface area contributed by atoms with Crippen molar-refractivity contribution in [2.45, 2.75) is 60.9 Å². The van der Waals surface area contributed by atoms with E-state index in [4.69, 9.17) is 0 Å². The van der Waals surface area contributed by atoms with Crippen molar-refractivity contribution in [3.8, 4) is 0 Å². The molecule has 1 aliphatic rings. The SMILES string of the molecule is Cc1cc(C)c(N2C=[N+](c3c(C)cc(C)cc3C)C(C)(C)C2)c(C)c1.[Cl-]. The molecule has 3 heteroatoms. The van der Waals surface area contributed by atoms with Gasteiger partial charge in [0.05, 0.1) is 0 Å². The highest BCUT2D eigenvalue weighted by Crippen LogP contribution is 2.36. The molecule has 1 aliphatic heterocycles. The van der Waals surface area contributed by atoms with Gasteiger partial charge in [-0.05, 0) is 77.6 Å².